The minimum absolute atomic E-state index is 0. The summed E-state index contributed by atoms with van der Waals surface area (Å²) in [6, 6.07) is 0. The molecular formula is C5H11KO3S2. The van der Waals surface area contributed by atoms with Gasteiger partial charge >= 0.3 is 51.4 Å². The van der Waals surface area contributed by atoms with Gasteiger partial charge in [-0.05, 0) is 12.2 Å². The molecule has 0 spiro atoms. The Balaban J connectivity index is 0. The maximum atomic E-state index is 9.80. The molecule has 0 heterocycles. The molecule has 0 fully saturated rings. The fraction of sp³-hybridized carbons (Fsp3) is 1.00. The van der Waals surface area contributed by atoms with Crippen molar-refractivity contribution in [3.05, 3.63) is 0 Å². The molecule has 0 atom stereocenters. The number of hydrogen-bond acceptors (Lipinski definition) is 5. The van der Waals surface area contributed by atoms with Crippen LogP contribution in [0.1, 0.15) is 19.8 Å². The Morgan fingerprint density at radius 2 is 2.09 bits per heavy atom. The molecule has 6 heteroatoms. The summed E-state index contributed by atoms with van der Waals surface area (Å²) in [5.74, 6) is 1.21. The van der Waals surface area contributed by atoms with Crippen LogP contribution >= 0.6 is 11.8 Å². The summed E-state index contributed by atoms with van der Waals surface area (Å²) in [4.78, 5) is 0. The second-order valence-corrected chi connectivity index (χ2v) is 3.40. The number of unbranched alkanes of at least 4 members (excludes halogenated alkanes) is 1. The molecule has 0 aromatic carbocycles. The average molecular weight is 222 g/mol. The quantitative estimate of drug-likeness (QED) is 0.243. The molecule has 0 saturated heterocycles. The molecule has 0 aromatic heterocycles. The fourth-order valence-corrected chi connectivity index (χ4v) is 1.58. The Hall–Kier alpha value is 1.90. The zero-order valence-electron chi connectivity index (χ0n) is 6.87. The van der Waals surface area contributed by atoms with Gasteiger partial charge in [0, 0.05) is 0 Å². The van der Waals surface area contributed by atoms with E-state index in [1.165, 1.54) is 11.8 Å². The van der Waals surface area contributed by atoms with E-state index < -0.39 is 11.0 Å². The third kappa shape index (κ3) is 14.7. The largest absolute Gasteiger partial charge is 1.00 e. The van der Waals surface area contributed by atoms with Gasteiger partial charge in [-0.15, -0.1) is 11.8 Å². The first-order chi connectivity index (χ1) is 4.77. The summed E-state index contributed by atoms with van der Waals surface area (Å²) < 4.78 is 23.9. The summed E-state index contributed by atoms with van der Waals surface area (Å²) in [6.45, 7) is 2.09. The molecule has 0 aliphatic carbocycles. The average Bonchev–Trinajstić information content (AvgIpc) is 1.87. The smallest absolute Gasteiger partial charge is 0.415 e. The van der Waals surface area contributed by atoms with Gasteiger partial charge in [0.25, 0.3) is 0 Å². The summed E-state index contributed by atoms with van der Waals surface area (Å²) in [5, 5.41) is 0. The minimum Gasteiger partial charge on any atom is -0.415 e. The second kappa shape index (κ2) is 11.9. The summed E-state index contributed by atoms with van der Waals surface area (Å²) >= 11 is 1.49. The van der Waals surface area contributed by atoms with Crippen molar-refractivity contribution in [1.82, 2.24) is 0 Å². The molecule has 0 radical (unpaired) electrons. The topological polar surface area (TPSA) is 43.4 Å². The third-order valence-corrected chi connectivity index (χ3v) is 2.19. The van der Waals surface area contributed by atoms with Crippen LogP contribution in [0.4, 0.5) is 0 Å². The van der Waals surface area contributed by atoms with E-state index in [9.17, 15) is 8.42 Å². The molecule has 0 unspecified atom stereocenters. The van der Waals surface area contributed by atoms with Crippen LogP contribution in [-0.2, 0) is 23.6 Å². The predicted molar refractivity (Wildman–Crippen MR) is 42.1 cm³/mol. The van der Waals surface area contributed by atoms with Crippen LogP contribution in [0.2, 0.25) is 0 Å². The molecule has 0 amide bonds. The molecule has 3 nitrogen and oxygen atoms in total. The minimum atomic E-state index is -2.34. The zero-order chi connectivity index (χ0) is 7.82. The van der Waals surface area contributed by atoms with Crippen LogP contribution in [0.5, 0.6) is 0 Å². The molecule has 0 N–H and O–H groups in total. The van der Waals surface area contributed by atoms with E-state index in [1.54, 1.807) is 0 Å². The molecular weight excluding hydrogens is 211 g/mol. The number of hydrogen-bond donors (Lipinski definition) is 0. The van der Waals surface area contributed by atoms with Gasteiger partial charge in [-0.1, -0.05) is 13.3 Å². The van der Waals surface area contributed by atoms with Crippen molar-refractivity contribution in [3.63, 3.8) is 0 Å². The summed E-state index contributed by atoms with van der Waals surface area (Å²) in [6.07, 6.45) is 2.24. The fourth-order valence-electron chi connectivity index (χ4n) is 0.379. The van der Waals surface area contributed by atoms with Gasteiger partial charge in [0.1, 0.15) is 0 Å². The standard InChI is InChI=1S/C5H11O3S2.K/c1-2-3-4-9-5-8-10(6)7;/h2-5H2,1H3;/q-1;+1. The van der Waals surface area contributed by atoms with Crippen LogP contribution in [-0.4, -0.2) is 11.7 Å². The van der Waals surface area contributed by atoms with Crippen LogP contribution in [0.3, 0.4) is 0 Å². The van der Waals surface area contributed by atoms with Gasteiger partial charge in [-0.3, -0.25) is 0 Å². The Morgan fingerprint density at radius 3 is 2.55 bits per heavy atom. The van der Waals surface area contributed by atoms with Crippen molar-refractivity contribution in [2.75, 3.05) is 11.7 Å². The van der Waals surface area contributed by atoms with Crippen molar-refractivity contribution in [2.45, 2.75) is 19.8 Å². The van der Waals surface area contributed by atoms with Gasteiger partial charge in [0.15, 0.2) is 0 Å². The first-order valence-corrected chi connectivity index (χ1v) is 5.23. The van der Waals surface area contributed by atoms with E-state index in [4.69, 9.17) is 0 Å². The molecule has 0 bridgehead atoms. The zero-order valence-corrected chi connectivity index (χ0v) is 11.6. The number of rotatable bonds is 6. The van der Waals surface area contributed by atoms with E-state index in [0.29, 0.717) is 0 Å². The molecule has 0 rings (SSSR count). The first kappa shape index (κ1) is 15.4. The van der Waals surface area contributed by atoms with E-state index in [0.717, 1.165) is 18.6 Å². The molecule has 0 saturated carbocycles. The van der Waals surface area contributed by atoms with E-state index in [-0.39, 0.29) is 57.3 Å². The van der Waals surface area contributed by atoms with Crippen molar-refractivity contribution in [3.8, 4) is 0 Å². The first-order valence-electron chi connectivity index (χ1n) is 3.07. The van der Waals surface area contributed by atoms with Crippen LogP contribution < -0.4 is 51.4 Å². The maximum absolute atomic E-state index is 9.80. The van der Waals surface area contributed by atoms with Gasteiger partial charge in [0.2, 0.25) is 0 Å². The Bertz CT molecular complexity index is 130. The SMILES string of the molecule is CCCCSCO[S-](=O)=O.[K+]. The Morgan fingerprint density at radius 1 is 1.45 bits per heavy atom. The second-order valence-electron chi connectivity index (χ2n) is 1.70. The van der Waals surface area contributed by atoms with E-state index in [1.807, 2.05) is 0 Å². The monoisotopic (exact) mass is 222 g/mol. The van der Waals surface area contributed by atoms with Gasteiger partial charge < -0.3 is 12.6 Å². The normalized spacial score (nSPS) is 9.64. The maximum Gasteiger partial charge on any atom is 1.00 e. The van der Waals surface area contributed by atoms with Crippen molar-refractivity contribution < 1.29 is 64.0 Å². The molecule has 0 aromatic rings. The molecule has 62 valence electrons. The van der Waals surface area contributed by atoms with Crippen LogP contribution in [0.25, 0.3) is 0 Å². The predicted octanol–water partition coefficient (Wildman–Crippen LogP) is -1.28. The molecule has 11 heavy (non-hydrogen) atoms. The van der Waals surface area contributed by atoms with Gasteiger partial charge in [0.05, 0.1) is 16.9 Å². The van der Waals surface area contributed by atoms with Crippen LogP contribution in [0.15, 0.2) is 0 Å². The number of thioether (sulfide) groups is 1. The van der Waals surface area contributed by atoms with Crippen molar-refractivity contribution in [2.24, 2.45) is 0 Å². The van der Waals surface area contributed by atoms with E-state index >= 15 is 0 Å². The Kier molecular flexibility index (Phi) is 16.6. The summed E-state index contributed by atoms with van der Waals surface area (Å²) in [7, 11) is -2.34. The van der Waals surface area contributed by atoms with Crippen molar-refractivity contribution in [1.29, 1.82) is 0 Å². The van der Waals surface area contributed by atoms with Gasteiger partial charge in [-0.2, -0.15) is 0 Å². The molecule has 0 aliphatic rings. The van der Waals surface area contributed by atoms with Crippen LogP contribution in [0, 0.1) is 0 Å². The Labute approximate surface area is 116 Å². The third-order valence-electron chi connectivity index (χ3n) is 0.870. The molecule has 0 aliphatic heterocycles. The van der Waals surface area contributed by atoms with Gasteiger partial charge in [-0.25, -0.2) is 0 Å². The van der Waals surface area contributed by atoms with E-state index in [2.05, 4.69) is 11.1 Å². The van der Waals surface area contributed by atoms with Crippen molar-refractivity contribution >= 4 is 22.7 Å². The summed E-state index contributed by atoms with van der Waals surface area (Å²) in [5.41, 5.74) is 0.